The first-order chi connectivity index (χ1) is 11.1. The van der Waals surface area contributed by atoms with Crippen LogP contribution in [0.3, 0.4) is 0 Å². The summed E-state index contributed by atoms with van der Waals surface area (Å²) in [4.78, 5) is 4.41. The van der Waals surface area contributed by atoms with E-state index in [2.05, 4.69) is 22.2 Å². The first kappa shape index (κ1) is 16.9. The number of guanidine groups is 1. The molecule has 3 N–H and O–H groups in total. The first-order valence-corrected chi connectivity index (χ1v) is 7.53. The molecule has 2 rings (SSSR count). The molecule has 0 aliphatic rings. The van der Waals surface area contributed by atoms with E-state index in [0.717, 1.165) is 12.2 Å². The van der Waals surface area contributed by atoms with Crippen molar-refractivity contribution in [1.29, 1.82) is 0 Å². The van der Waals surface area contributed by atoms with Crippen molar-refractivity contribution in [2.45, 2.75) is 18.9 Å². The lowest BCUT2D eigenvalue weighted by Crippen LogP contribution is -2.39. The van der Waals surface area contributed by atoms with E-state index in [1.807, 2.05) is 12.1 Å². The highest BCUT2D eigenvalue weighted by Crippen LogP contribution is 2.20. The molecule has 6 nitrogen and oxygen atoms in total. The Bertz CT molecular complexity index is 601. The molecule has 0 saturated heterocycles. The smallest absolute Gasteiger partial charge is 0.191 e. The van der Waals surface area contributed by atoms with E-state index in [4.69, 9.17) is 8.83 Å². The fraction of sp³-hybridized carbons (Fsp3) is 0.353. The predicted octanol–water partition coefficient (Wildman–Crippen LogP) is 2.04. The molecule has 2 aromatic heterocycles. The van der Waals surface area contributed by atoms with Crippen LogP contribution in [-0.2, 0) is 12.0 Å². The maximum Gasteiger partial charge on any atom is 0.191 e. The normalized spacial score (nSPS) is 14.3. The third-order valence-corrected chi connectivity index (χ3v) is 3.25. The average Bonchev–Trinajstić information content (AvgIpc) is 3.22. The summed E-state index contributed by atoms with van der Waals surface area (Å²) in [6.45, 7) is 6.77. The van der Waals surface area contributed by atoms with Gasteiger partial charge in [-0.1, -0.05) is 6.08 Å². The van der Waals surface area contributed by atoms with E-state index in [1.54, 1.807) is 31.4 Å². The minimum Gasteiger partial charge on any atom is -0.469 e. The van der Waals surface area contributed by atoms with Gasteiger partial charge in [-0.2, -0.15) is 0 Å². The van der Waals surface area contributed by atoms with Gasteiger partial charge in [0.1, 0.15) is 17.1 Å². The van der Waals surface area contributed by atoms with Crippen LogP contribution in [0, 0.1) is 0 Å². The Morgan fingerprint density at radius 3 is 2.74 bits per heavy atom. The van der Waals surface area contributed by atoms with Crippen LogP contribution in [0.4, 0.5) is 0 Å². The van der Waals surface area contributed by atoms with Crippen molar-refractivity contribution in [3.05, 3.63) is 61.0 Å². The van der Waals surface area contributed by atoms with Gasteiger partial charge in [-0.05, 0) is 31.2 Å². The van der Waals surface area contributed by atoms with Crippen molar-refractivity contribution >= 4 is 5.96 Å². The van der Waals surface area contributed by atoms with E-state index >= 15 is 0 Å². The zero-order valence-corrected chi connectivity index (χ0v) is 13.3. The topological polar surface area (TPSA) is 82.9 Å². The van der Waals surface area contributed by atoms with Crippen LogP contribution in [0.5, 0.6) is 0 Å². The summed E-state index contributed by atoms with van der Waals surface area (Å²) in [5, 5.41) is 16.7. The van der Waals surface area contributed by atoms with Crippen molar-refractivity contribution in [3.8, 4) is 0 Å². The fourth-order valence-electron chi connectivity index (χ4n) is 2.00. The van der Waals surface area contributed by atoms with E-state index < -0.39 is 5.60 Å². The lowest BCUT2D eigenvalue weighted by atomic mass is 10.0. The quantitative estimate of drug-likeness (QED) is 0.394. The van der Waals surface area contributed by atoms with Gasteiger partial charge in [-0.3, -0.25) is 0 Å². The van der Waals surface area contributed by atoms with Crippen molar-refractivity contribution in [1.82, 2.24) is 10.6 Å². The Kier molecular flexibility index (Phi) is 6.05. The van der Waals surface area contributed by atoms with Crippen molar-refractivity contribution in [2.24, 2.45) is 4.99 Å². The van der Waals surface area contributed by atoms with Crippen LogP contribution in [0.1, 0.15) is 18.4 Å². The second kappa shape index (κ2) is 8.24. The standard InChI is InChI=1S/C17H23N3O3/c1-3-9-18-16(19-10-8-14-6-4-11-22-14)20-13-17(2,21)15-7-5-12-23-15/h3-7,11-12,21H,1,8-10,13H2,2H3,(H2,18,19,20). The van der Waals surface area contributed by atoms with E-state index in [-0.39, 0.29) is 6.54 Å². The minimum atomic E-state index is -1.16. The summed E-state index contributed by atoms with van der Waals surface area (Å²) in [6.07, 6.45) is 5.68. The molecular formula is C17H23N3O3. The molecule has 0 amide bonds. The van der Waals surface area contributed by atoms with Gasteiger partial charge < -0.3 is 24.6 Å². The molecule has 23 heavy (non-hydrogen) atoms. The van der Waals surface area contributed by atoms with Crippen LogP contribution in [0.25, 0.3) is 0 Å². The second-order valence-corrected chi connectivity index (χ2v) is 5.34. The van der Waals surface area contributed by atoms with Gasteiger partial charge in [-0.15, -0.1) is 6.58 Å². The summed E-state index contributed by atoms with van der Waals surface area (Å²) in [5.41, 5.74) is -1.16. The zero-order chi connectivity index (χ0) is 16.5. The van der Waals surface area contributed by atoms with E-state index in [9.17, 15) is 5.11 Å². The van der Waals surface area contributed by atoms with E-state index in [0.29, 0.717) is 24.8 Å². The molecule has 0 bridgehead atoms. The summed E-state index contributed by atoms with van der Waals surface area (Å²) >= 11 is 0. The number of hydrogen-bond donors (Lipinski definition) is 3. The van der Waals surface area contributed by atoms with Gasteiger partial charge in [0.25, 0.3) is 0 Å². The Labute approximate surface area is 135 Å². The maximum absolute atomic E-state index is 10.4. The first-order valence-electron chi connectivity index (χ1n) is 7.53. The molecule has 0 saturated carbocycles. The number of nitrogens with zero attached hydrogens (tertiary/aromatic N) is 1. The van der Waals surface area contributed by atoms with Gasteiger partial charge in [0, 0.05) is 19.5 Å². The monoisotopic (exact) mass is 317 g/mol. The SMILES string of the molecule is C=CCNC(=NCC(C)(O)c1ccco1)NCCc1ccco1. The number of nitrogens with one attached hydrogen (secondary N) is 2. The summed E-state index contributed by atoms with van der Waals surface area (Å²) in [7, 11) is 0. The van der Waals surface area contributed by atoms with Crippen LogP contribution < -0.4 is 10.6 Å². The zero-order valence-electron chi connectivity index (χ0n) is 13.3. The molecule has 2 heterocycles. The van der Waals surface area contributed by atoms with E-state index in [1.165, 1.54) is 6.26 Å². The lowest BCUT2D eigenvalue weighted by molar-refractivity contribution is 0.0437. The molecule has 0 radical (unpaired) electrons. The predicted molar refractivity (Wildman–Crippen MR) is 89.2 cm³/mol. The van der Waals surface area contributed by atoms with Crippen LogP contribution in [0.15, 0.2) is 63.3 Å². The number of aliphatic imine (C=N–C) groups is 1. The fourth-order valence-corrected chi connectivity index (χ4v) is 2.00. The molecule has 0 aliphatic carbocycles. The van der Waals surface area contributed by atoms with Crippen molar-refractivity contribution < 1.29 is 13.9 Å². The largest absolute Gasteiger partial charge is 0.469 e. The number of aliphatic hydroxyl groups is 1. The second-order valence-electron chi connectivity index (χ2n) is 5.34. The molecule has 0 aliphatic heterocycles. The summed E-state index contributed by atoms with van der Waals surface area (Å²) in [6, 6.07) is 7.26. The van der Waals surface area contributed by atoms with Gasteiger partial charge >= 0.3 is 0 Å². The molecule has 2 aromatic rings. The average molecular weight is 317 g/mol. The highest BCUT2D eigenvalue weighted by atomic mass is 16.4. The molecule has 1 unspecified atom stereocenters. The van der Waals surface area contributed by atoms with Crippen LogP contribution >= 0.6 is 0 Å². The summed E-state index contributed by atoms with van der Waals surface area (Å²) in [5.74, 6) is 1.99. The molecule has 0 fully saturated rings. The molecule has 1 atom stereocenters. The lowest BCUT2D eigenvalue weighted by Gasteiger charge is -2.19. The maximum atomic E-state index is 10.4. The third-order valence-electron chi connectivity index (χ3n) is 3.25. The molecular weight excluding hydrogens is 294 g/mol. The van der Waals surface area contributed by atoms with Gasteiger partial charge in [0.2, 0.25) is 0 Å². The Hall–Kier alpha value is -2.47. The van der Waals surface area contributed by atoms with Gasteiger partial charge in [-0.25, -0.2) is 4.99 Å². The van der Waals surface area contributed by atoms with Crippen molar-refractivity contribution in [2.75, 3.05) is 19.6 Å². The number of furan rings is 2. The van der Waals surface area contributed by atoms with Crippen LogP contribution in [-0.4, -0.2) is 30.7 Å². The highest BCUT2D eigenvalue weighted by Gasteiger charge is 2.26. The Balaban J connectivity index is 1.91. The van der Waals surface area contributed by atoms with Crippen molar-refractivity contribution in [3.63, 3.8) is 0 Å². The molecule has 0 spiro atoms. The molecule has 124 valence electrons. The number of rotatable bonds is 8. The Morgan fingerprint density at radius 1 is 1.30 bits per heavy atom. The highest BCUT2D eigenvalue weighted by molar-refractivity contribution is 5.80. The molecule has 0 aromatic carbocycles. The van der Waals surface area contributed by atoms with Gasteiger partial charge in [0.15, 0.2) is 5.96 Å². The number of hydrogen-bond acceptors (Lipinski definition) is 4. The minimum absolute atomic E-state index is 0.174. The molecule has 6 heteroatoms. The Morgan fingerprint density at radius 2 is 2.09 bits per heavy atom. The van der Waals surface area contributed by atoms with Crippen LogP contribution in [0.2, 0.25) is 0 Å². The van der Waals surface area contributed by atoms with Gasteiger partial charge in [0.05, 0.1) is 19.1 Å². The summed E-state index contributed by atoms with van der Waals surface area (Å²) < 4.78 is 10.5. The third kappa shape index (κ3) is 5.34.